The van der Waals surface area contributed by atoms with Crippen molar-refractivity contribution in [1.29, 1.82) is 0 Å². The molecule has 7 nitrogen and oxygen atoms in total. The molecule has 1 aliphatic heterocycles. The van der Waals surface area contributed by atoms with Crippen molar-refractivity contribution in [1.82, 2.24) is 5.32 Å². The monoisotopic (exact) mass is 428 g/mol. The van der Waals surface area contributed by atoms with Crippen LogP contribution in [0.5, 0.6) is 5.75 Å². The van der Waals surface area contributed by atoms with Crippen molar-refractivity contribution >= 4 is 35.2 Å². The summed E-state index contributed by atoms with van der Waals surface area (Å²) in [5.74, 6) is -0.318. The van der Waals surface area contributed by atoms with Crippen molar-refractivity contribution in [2.75, 3.05) is 19.0 Å². The zero-order chi connectivity index (χ0) is 21.7. The number of carbonyl (C=O) groups is 3. The Hall–Kier alpha value is -3.00. The third kappa shape index (κ3) is 5.33. The first-order valence-electron chi connectivity index (χ1n) is 9.60. The van der Waals surface area contributed by atoms with Crippen molar-refractivity contribution in [2.24, 2.45) is 0 Å². The fourth-order valence-corrected chi connectivity index (χ4v) is 3.81. The summed E-state index contributed by atoms with van der Waals surface area (Å²) < 4.78 is 10.4. The minimum Gasteiger partial charge on any atom is -0.497 e. The van der Waals surface area contributed by atoms with Crippen LogP contribution in [0, 0.1) is 0 Å². The molecule has 0 aliphatic carbocycles. The molecule has 2 N–H and O–H groups in total. The third-order valence-electron chi connectivity index (χ3n) is 4.67. The van der Waals surface area contributed by atoms with E-state index in [0.29, 0.717) is 18.7 Å². The van der Waals surface area contributed by atoms with Gasteiger partial charge in [0.2, 0.25) is 5.91 Å². The number of ether oxygens (including phenoxy) is 2. The number of rotatable bonds is 7. The molecule has 3 rings (SSSR count). The van der Waals surface area contributed by atoms with E-state index in [4.69, 9.17) is 9.47 Å². The van der Waals surface area contributed by atoms with Gasteiger partial charge in [0.25, 0.3) is 5.91 Å². The maximum absolute atomic E-state index is 12.4. The van der Waals surface area contributed by atoms with E-state index < -0.39 is 12.1 Å². The van der Waals surface area contributed by atoms with Gasteiger partial charge >= 0.3 is 5.97 Å². The molecule has 0 saturated heterocycles. The van der Waals surface area contributed by atoms with E-state index in [9.17, 15) is 14.4 Å². The van der Waals surface area contributed by atoms with Crippen LogP contribution in [-0.4, -0.2) is 42.8 Å². The van der Waals surface area contributed by atoms with Crippen molar-refractivity contribution in [3.8, 4) is 5.75 Å². The van der Waals surface area contributed by atoms with Gasteiger partial charge in [-0.15, -0.1) is 11.8 Å². The summed E-state index contributed by atoms with van der Waals surface area (Å²) in [4.78, 5) is 37.4. The number of amides is 2. The number of methoxy groups -OCH3 is 1. The molecule has 2 amide bonds. The molecular weight excluding hydrogens is 404 g/mol. The summed E-state index contributed by atoms with van der Waals surface area (Å²) in [6.07, 6.45) is -0.287. The van der Waals surface area contributed by atoms with Crippen LogP contribution >= 0.6 is 11.8 Å². The maximum Gasteiger partial charge on any atom is 0.338 e. The quantitative estimate of drug-likeness (QED) is 0.659. The second-order valence-electron chi connectivity index (χ2n) is 6.90. The lowest BCUT2D eigenvalue weighted by Crippen LogP contribution is -2.37. The van der Waals surface area contributed by atoms with Crippen molar-refractivity contribution < 1.29 is 23.9 Å². The normalized spacial score (nSPS) is 16.1. The predicted molar refractivity (Wildman–Crippen MR) is 115 cm³/mol. The van der Waals surface area contributed by atoms with E-state index in [2.05, 4.69) is 10.6 Å². The van der Waals surface area contributed by atoms with Gasteiger partial charge in [-0.25, -0.2) is 4.79 Å². The van der Waals surface area contributed by atoms with Gasteiger partial charge in [0, 0.05) is 11.4 Å². The highest BCUT2D eigenvalue weighted by atomic mass is 32.2. The summed E-state index contributed by atoms with van der Waals surface area (Å²) in [5.41, 5.74) is 1.92. The van der Waals surface area contributed by atoms with E-state index in [0.717, 1.165) is 16.2 Å². The Balaban J connectivity index is 1.50. The zero-order valence-electron chi connectivity index (χ0n) is 17.1. The number of carbonyl (C=O) groups excluding carboxylic acids is 3. The smallest absolute Gasteiger partial charge is 0.338 e. The topological polar surface area (TPSA) is 93.7 Å². The third-order valence-corrected chi connectivity index (χ3v) is 5.85. The van der Waals surface area contributed by atoms with Crippen LogP contribution in [0.3, 0.4) is 0 Å². The van der Waals surface area contributed by atoms with Gasteiger partial charge in [-0.2, -0.15) is 0 Å². The average Bonchev–Trinajstić information content (AvgIpc) is 2.74. The van der Waals surface area contributed by atoms with Crippen molar-refractivity contribution in [2.45, 2.75) is 36.5 Å². The van der Waals surface area contributed by atoms with Crippen molar-refractivity contribution in [3.63, 3.8) is 0 Å². The fourth-order valence-electron chi connectivity index (χ4n) is 2.88. The van der Waals surface area contributed by atoms with Gasteiger partial charge in [0.15, 0.2) is 6.10 Å². The minimum atomic E-state index is -0.937. The summed E-state index contributed by atoms with van der Waals surface area (Å²) >= 11 is 1.43. The number of hydrogen-bond acceptors (Lipinski definition) is 6. The molecule has 2 atom stereocenters. The molecule has 1 heterocycles. The molecule has 8 heteroatoms. The first-order valence-corrected chi connectivity index (χ1v) is 10.5. The second-order valence-corrected chi connectivity index (χ2v) is 8.28. The summed E-state index contributed by atoms with van der Waals surface area (Å²) in [6, 6.07) is 12.6. The molecular formula is C22H24N2O5S. The van der Waals surface area contributed by atoms with E-state index in [1.54, 1.807) is 25.3 Å². The average molecular weight is 429 g/mol. The zero-order valence-corrected chi connectivity index (χ0v) is 17.9. The largest absolute Gasteiger partial charge is 0.497 e. The van der Waals surface area contributed by atoms with E-state index in [1.165, 1.54) is 18.7 Å². The molecule has 0 bridgehead atoms. The first-order chi connectivity index (χ1) is 14.4. The van der Waals surface area contributed by atoms with Gasteiger partial charge in [-0.1, -0.05) is 12.1 Å². The Kier molecular flexibility index (Phi) is 6.99. The van der Waals surface area contributed by atoms with E-state index in [1.807, 2.05) is 31.2 Å². The van der Waals surface area contributed by atoms with Crippen LogP contribution in [0.2, 0.25) is 0 Å². The summed E-state index contributed by atoms with van der Waals surface area (Å²) in [6.45, 7) is 3.77. The van der Waals surface area contributed by atoms with Crippen LogP contribution in [0.25, 0.3) is 0 Å². The summed E-state index contributed by atoms with van der Waals surface area (Å²) in [7, 11) is 1.61. The molecule has 0 unspecified atom stereocenters. The minimum absolute atomic E-state index is 0.109. The number of fused-ring (bicyclic) bond motifs is 1. The lowest BCUT2D eigenvalue weighted by atomic mass is 10.1. The molecule has 0 saturated carbocycles. The number of nitrogens with one attached hydrogen (secondary N) is 2. The highest BCUT2D eigenvalue weighted by molar-refractivity contribution is 8.00. The molecule has 30 heavy (non-hydrogen) atoms. The molecule has 158 valence electrons. The van der Waals surface area contributed by atoms with Gasteiger partial charge in [0.05, 0.1) is 23.6 Å². The van der Waals surface area contributed by atoms with Gasteiger partial charge in [-0.05, 0) is 56.2 Å². The molecule has 0 spiro atoms. The molecule has 0 aromatic heterocycles. The molecule has 0 radical (unpaired) electrons. The van der Waals surface area contributed by atoms with Gasteiger partial charge in [-0.3, -0.25) is 9.59 Å². The summed E-state index contributed by atoms with van der Waals surface area (Å²) in [5, 5.41) is 5.36. The Labute approximate surface area is 179 Å². The first kappa shape index (κ1) is 21.7. The van der Waals surface area contributed by atoms with Crippen LogP contribution in [-0.2, 0) is 20.7 Å². The SMILES string of the molecule is COc1ccc(CCNC(=O)[C@@H](C)OC(=O)c2ccc3c(c2)NC(=O)[C@H](C)S3)cc1. The molecule has 1 aliphatic rings. The fraction of sp³-hybridized carbons (Fsp3) is 0.318. The molecule has 2 aromatic rings. The highest BCUT2D eigenvalue weighted by Gasteiger charge is 2.25. The standard InChI is InChI=1S/C22H24N2O5S/c1-13(20(25)23-11-10-15-4-7-17(28-3)8-5-15)29-22(27)16-6-9-19-18(12-16)24-21(26)14(2)30-19/h4-9,12-14H,10-11H2,1-3H3,(H,23,25)(H,24,26)/t13-,14+/m1/s1. The Morgan fingerprint density at radius 3 is 2.63 bits per heavy atom. The molecule has 2 aromatic carbocycles. The Bertz CT molecular complexity index is 945. The molecule has 0 fully saturated rings. The van der Waals surface area contributed by atoms with E-state index >= 15 is 0 Å². The second kappa shape index (κ2) is 9.67. The number of benzene rings is 2. The lowest BCUT2D eigenvalue weighted by Gasteiger charge is -2.21. The predicted octanol–water partition coefficient (Wildman–Crippen LogP) is 3.03. The maximum atomic E-state index is 12.4. The van der Waals surface area contributed by atoms with Crippen LogP contribution in [0.4, 0.5) is 5.69 Å². The van der Waals surface area contributed by atoms with Gasteiger partial charge in [0.1, 0.15) is 5.75 Å². The van der Waals surface area contributed by atoms with E-state index in [-0.39, 0.29) is 22.6 Å². The van der Waals surface area contributed by atoms with Crippen LogP contribution < -0.4 is 15.4 Å². The van der Waals surface area contributed by atoms with Crippen molar-refractivity contribution in [3.05, 3.63) is 53.6 Å². The number of hydrogen-bond donors (Lipinski definition) is 2. The van der Waals surface area contributed by atoms with Gasteiger partial charge < -0.3 is 20.1 Å². The number of anilines is 1. The number of esters is 1. The van der Waals surface area contributed by atoms with Crippen LogP contribution in [0.15, 0.2) is 47.4 Å². The highest BCUT2D eigenvalue weighted by Crippen LogP contribution is 2.36. The lowest BCUT2D eigenvalue weighted by molar-refractivity contribution is -0.129. The Morgan fingerprint density at radius 2 is 1.93 bits per heavy atom. The van der Waals surface area contributed by atoms with Crippen LogP contribution in [0.1, 0.15) is 29.8 Å². The Morgan fingerprint density at radius 1 is 1.20 bits per heavy atom. The number of thioether (sulfide) groups is 1.